The van der Waals surface area contributed by atoms with E-state index in [1.165, 1.54) is 37.5 Å². The summed E-state index contributed by atoms with van der Waals surface area (Å²) in [6.07, 6.45) is -2.79. The van der Waals surface area contributed by atoms with Gasteiger partial charge in [0.15, 0.2) is 6.10 Å². The third-order valence-electron chi connectivity index (χ3n) is 4.41. The van der Waals surface area contributed by atoms with Crippen LogP contribution in [-0.4, -0.2) is 28.9 Å². The van der Waals surface area contributed by atoms with Gasteiger partial charge < -0.3 is 15.4 Å². The third kappa shape index (κ3) is 6.39. The van der Waals surface area contributed by atoms with Gasteiger partial charge in [-0.3, -0.25) is 14.6 Å². The number of hydrogen-bond donors (Lipinski definition) is 2. The number of benzene rings is 2. The molecule has 7 nitrogen and oxygen atoms in total. The fourth-order valence-electron chi connectivity index (χ4n) is 2.69. The molecular weight excluding hydrogens is 439 g/mol. The Balaban J connectivity index is 1.59. The lowest BCUT2D eigenvalue weighted by atomic mass is 10.2. The summed E-state index contributed by atoms with van der Waals surface area (Å²) < 4.78 is 43.0. The molecule has 10 heteroatoms. The number of ether oxygens (including phenoxy) is 1. The summed E-state index contributed by atoms with van der Waals surface area (Å²) in [6, 6.07) is 13.0. The highest BCUT2D eigenvalue weighted by atomic mass is 19.4. The fraction of sp³-hybridized carbons (Fsp3) is 0.130. The second-order valence-electron chi connectivity index (χ2n) is 6.89. The van der Waals surface area contributed by atoms with Crippen molar-refractivity contribution in [1.29, 1.82) is 0 Å². The number of anilines is 2. The molecule has 1 heterocycles. The number of esters is 1. The zero-order valence-electron chi connectivity index (χ0n) is 17.2. The number of alkyl halides is 3. The number of pyridine rings is 1. The van der Waals surface area contributed by atoms with Gasteiger partial charge in [-0.05, 0) is 61.5 Å². The van der Waals surface area contributed by atoms with Gasteiger partial charge in [-0.25, -0.2) is 4.79 Å². The highest BCUT2D eigenvalue weighted by Gasteiger charge is 2.30. The quantitative estimate of drug-likeness (QED) is 0.530. The molecule has 1 atom stereocenters. The van der Waals surface area contributed by atoms with Gasteiger partial charge in [0.2, 0.25) is 0 Å². The highest BCUT2D eigenvalue weighted by Crippen LogP contribution is 2.29. The molecule has 0 spiro atoms. The summed E-state index contributed by atoms with van der Waals surface area (Å²) in [6.45, 7) is 1.32. The molecule has 170 valence electrons. The standard InChI is InChI=1S/C23H18F3N3O4/c1-14(20(30)28-18-9-7-17(8-10-18)23(24,25)26)33-22(32)15-4-2-6-19(12-15)29-21(31)16-5-3-11-27-13-16/h2-14H,1H3,(H,28,30)(H,29,31). The molecule has 0 aliphatic rings. The number of amides is 2. The Hall–Kier alpha value is -4.21. The van der Waals surface area contributed by atoms with Crippen LogP contribution in [0.25, 0.3) is 0 Å². The molecule has 3 aromatic rings. The summed E-state index contributed by atoms with van der Waals surface area (Å²) in [5.41, 5.74) is 0.0267. The summed E-state index contributed by atoms with van der Waals surface area (Å²) in [7, 11) is 0. The van der Waals surface area contributed by atoms with Gasteiger partial charge in [-0.2, -0.15) is 13.2 Å². The van der Waals surface area contributed by atoms with Gasteiger partial charge in [0, 0.05) is 23.8 Å². The van der Waals surface area contributed by atoms with E-state index in [1.807, 2.05) is 0 Å². The molecule has 1 aromatic heterocycles. The Morgan fingerprint density at radius 3 is 2.24 bits per heavy atom. The van der Waals surface area contributed by atoms with Crippen molar-refractivity contribution in [3.05, 3.63) is 89.7 Å². The van der Waals surface area contributed by atoms with Crippen LogP contribution in [-0.2, 0) is 15.7 Å². The van der Waals surface area contributed by atoms with Crippen LogP contribution < -0.4 is 10.6 Å². The Labute approximate surface area is 186 Å². The highest BCUT2D eigenvalue weighted by molar-refractivity contribution is 6.04. The van der Waals surface area contributed by atoms with Crippen LogP contribution in [0.3, 0.4) is 0 Å². The molecule has 2 N–H and O–H groups in total. The van der Waals surface area contributed by atoms with Crippen LogP contribution >= 0.6 is 0 Å². The van der Waals surface area contributed by atoms with E-state index in [-0.39, 0.29) is 11.3 Å². The lowest BCUT2D eigenvalue weighted by molar-refractivity contribution is -0.137. The third-order valence-corrected chi connectivity index (χ3v) is 4.41. The van der Waals surface area contributed by atoms with Gasteiger partial charge in [0.1, 0.15) is 0 Å². The summed E-state index contributed by atoms with van der Waals surface area (Å²) in [5, 5.41) is 5.02. The molecule has 0 saturated heterocycles. The minimum atomic E-state index is -4.49. The summed E-state index contributed by atoms with van der Waals surface area (Å²) >= 11 is 0. The van der Waals surface area contributed by atoms with E-state index in [9.17, 15) is 27.6 Å². The molecule has 33 heavy (non-hydrogen) atoms. The Morgan fingerprint density at radius 2 is 1.61 bits per heavy atom. The van der Waals surface area contributed by atoms with E-state index < -0.39 is 35.6 Å². The van der Waals surface area contributed by atoms with Crippen LogP contribution in [0.5, 0.6) is 0 Å². The van der Waals surface area contributed by atoms with Gasteiger partial charge >= 0.3 is 12.1 Å². The Kier molecular flexibility index (Phi) is 7.07. The van der Waals surface area contributed by atoms with Gasteiger partial charge in [0.05, 0.1) is 16.7 Å². The van der Waals surface area contributed by atoms with E-state index >= 15 is 0 Å². The lowest BCUT2D eigenvalue weighted by Gasteiger charge is -2.14. The smallest absolute Gasteiger partial charge is 0.416 e. The van der Waals surface area contributed by atoms with Gasteiger partial charge in [-0.1, -0.05) is 6.07 Å². The Bertz CT molecular complexity index is 1150. The number of carbonyl (C=O) groups is 3. The summed E-state index contributed by atoms with van der Waals surface area (Å²) in [4.78, 5) is 40.8. The average molecular weight is 457 g/mol. The molecule has 0 saturated carbocycles. The largest absolute Gasteiger partial charge is 0.449 e. The van der Waals surface area contributed by atoms with Gasteiger partial charge in [-0.15, -0.1) is 0 Å². The lowest BCUT2D eigenvalue weighted by Crippen LogP contribution is -2.30. The maximum Gasteiger partial charge on any atom is 0.416 e. The van der Waals surface area contributed by atoms with Crippen molar-refractivity contribution in [3.63, 3.8) is 0 Å². The zero-order chi connectivity index (χ0) is 24.0. The minimum absolute atomic E-state index is 0.0909. The molecule has 2 amide bonds. The fourth-order valence-corrected chi connectivity index (χ4v) is 2.69. The Morgan fingerprint density at radius 1 is 0.909 bits per heavy atom. The number of hydrogen-bond acceptors (Lipinski definition) is 5. The topological polar surface area (TPSA) is 97.4 Å². The van der Waals surface area contributed by atoms with Crippen LogP contribution in [0.1, 0.15) is 33.2 Å². The normalized spacial score (nSPS) is 11.9. The first-order valence-corrected chi connectivity index (χ1v) is 9.64. The van der Waals surface area contributed by atoms with E-state index in [4.69, 9.17) is 4.74 Å². The van der Waals surface area contributed by atoms with Crippen molar-refractivity contribution in [3.8, 4) is 0 Å². The van der Waals surface area contributed by atoms with Crippen molar-refractivity contribution in [1.82, 2.24) is 4.98 Å². The van der Waals surface area contributed by atoms with Crippen LogP contribution in [0.2, 0.25) is 0 Å². The molecule has 0 radical (unpaired) electrons. The van der Waals surface area contributed by atoms with Crippen molar-refractivity contribution in [2.24, 2.45) is 0 Å². The summed E-state index contributed by atoms with van der Waals surface area (Å²) in [5.74, 6) is -1.95. The monoisotopic (exact) mass is 457 g/mol. The average Bonchev–Trinajstić information content (AvgIpc) is 2.79. The maximum atomic E-state index is 12.6. The second kappa shape index (κ2) is 9.94. The van der Waals surface area contributed by atoms with Crippen molar-refractivity contribution >= 4 is 29.2 Å². The van der Waals surface area contributed by atoms with E-state index in [0.29, 0.717) is 11.3 Å². The van der Waals surface area contributed by atoms with Crippen LogP contribution in [0, 0.1) is 0 Å². The number of carbonyl (C=O) groups excluding carboxylic acids is 3. The molecule has 3 rings (SSSR count). The SMILES string of the molecule is CC(OC(=O)c1cccc(NC(=O)c2cccnc2)c1)C(=O)Nc1ccc(C(F)(F)F)cc1. The number of nitrogens with one attached hydrogen (secondary N) is 2. The number of rotatable bonds is 6. The molecule has 0 aliphatic heterocycles. The molecule has 2 aromatic carbocycles. The van der Waals surface area contributed by atoms with Crippen molar-refractivity contribution in [2.45, 2.75) is 19.2 Å². The predicted molar refractivity (Wildman–Crippen MR) is 114 cm³/mol. The molecule has 0 bridgehead atoms. The van der Waals surface area contributed by atoms with Crippen LogP contribution in [0.4, 0.5) is 24.5 Å². The molecule has 0 fully saturated rings. The minimum Gasteiger partial charge on any atom is -0.449 e. The first kappa shape index (κ1) is 23.5. The van der Waals surface area contributed by atoms with E-state index in [0.717, 1.165) is 24.3 Å². The second-order valence-corrected chi connectivity index (χ2v) is 6.89. The van der Waals surface area contributed by atoms with Crippen molar-refractivity contribution in [2.75, 3.05) is 10.6 Å². The number of halogens is 3. The van der Waals surface area contributed by atoms with Crippen molar-refractivity contribution < 1.29 is 32.3 Å². The molecule has 0 aliphatic carbocycles. The first-order valence-electron chi connectivity index (χ1n) is 9.64. The number of aromatic nitrogens is 1. The van der Waals surface area contributed by atoms with Gasteiger partial charge in [0.25, 0.3) is 11.8 Å². The van der Waals surface area contributed by atoms with E-state index in [2.05, 4.69) is 15.6 Å². The predicted octanol–water partition coefficient (Wildman–Crippen LogP) is 4.54. The molecule has 1 unspecified atom stereocenters. The number of nitrogens with zero attached hydrogens (tertiary/aromatic N) is 1. The van der Waals surface area contributed by atoms with E-state index in [1.54, 1.807) is 18.2 Å². The maximum absolute atomic E-state index is 12.6. The van der Waals surface area contributed by atoms with Crippen LogP contribution in [0.15, 0.2) is 73.1 Å². The zero-order valence-corrected chi connectivity index (χ0v) is 17.2. The molecular formula is C23H18F3N3O4. The first-order chi connectivity index (χ1) is 15.6.